The number of methoxy groups -OCH3 is 1. The lowest BCUT2D eigenvalue weighted by Gasteiger charge is -2.20. The van der Waals surface area contributed by atoms with Crippen LogP contribution in [0.4, 0.5) is 0 Å². The third-order valence-corrected chi connectivity index (χ3v) is 5.36. The Kier molecular flexibility index (Phi) is 4.96. The van der Waals surface area contributed by atoms with Crippen LogP contribution in [0.1, 0.15) is 32.3 Å². The fraction of sp³-hybridized carbons (Fsp3) is 0.600. The van der Waals surface area contributed by atoms with Gasteiger partial charge in [0.2, 0.25) is 0 Å². The predicted molar refractivity (Wildman–Crippen MR) is 86.6 cm³/mol. The van der Waals surface area contributed by atoms with E-state index in [0.29, 0.717) is 5.41 Å². The molecule has 0 saturated heterocycles. The lowest BCUT2D eigenvalue weighted by molar-refractivity contribution is 0.337. The van der Waals surface area contributed by atoms with Crippen LogP contribution in [0.3, 0.4) is 0 Å². The van der Waals surface area contributed by atoms with Gasteiger partial charge in [-0.2, -0.15) is 0 Å². The SMILES string of the molecule is COc1c(Br)cc(CNCC2(C(C)C)CC2)cc1Br. The minimum Gasteiger partial charge on any atom is -0.494 e. The summed E-state index contributed by atoms with van der Waals surface area (Å²) in [5.74, 6) is 1.62. The van der Waals surface area contributed by atoms with E-state index < -0.39 is 0 Å². The molecule has 19 heavy (non-hydrogen) atoms. The van der Waals surface area contributed by atoms with Crippen molar-refractivity contribution in [3.05, 3.63) is 26.6 Å². The molecule has 0 atom stereocenters. The number of nitrogens with one attached hydrogen (secondary N) is 1. The van der Waals surface area contributed by atoms with Gasteiger partial charge in [0.25, 0.3) is 0 Å². The molecule has 0 radical (unpaired) electrons. The lowest BCUT2D eigenvalue weighted by Crippen LogP contribution is -2.27. The summed E-state index contributed by atoms with van der Waals surface area (Å²) in [6, 6.07) is 4.23. The van der Waals surface area contributed by atoms with E-state index in [1.165, 1.54) is 18.4 Å². The van der Waals surface area contributed by atoms with Crippen molar-refractivity contribution >= 4 is 31.9 Å². The molecule has 0 aliphatic heterocycles. The molecule has 1 N–H and O–H groups in total. The summed E-state index contributed by atoms with van der Waals surface area (Å²) < 4.78 is 7.30. The first-order valence-corrected chi connectivity index (χ1v) is 8.30. The number of ether oxygens (including phenoxy) is 1. The smallest absolute Gasteiger partial charge is 0.147 e. The molecule has 0 unspecified atom stereocenters. The molecule has 1 fully saturated rings. The second kappa shape index (κ2) is 6.15. The van der Waals surface area contributed by atoms with Crippen molar-refractivity contribution in [1.82, 2.24) is 5.32 Å². The average Bonchev–Trinajstić information content (AvgIpc) is 3.10. The highest BCUT2D eigenvalue weighted by molar-refractivity contribution is 9.11. The van der Waals surface area contributed by atoms with Crippen molar-refractivity contribution in [2.75, 3.05) is 13.7 Å². The highest BCUT2D eigenvalue weighted by Crippen LogP contribution is 2.51. The van der Waals surface area contributed by atoms with Crippen LogP contribution in [0.5, 0.6) is 5.75 Å². The Morgan fingerprint density at radius 2 is 1.84 bits per heavy atom. The Morgan fingerprint density at radius 3 is 2.26 bits per heavy atom. The summed E-state index contributed by atoms with van der Waals surface area (Å²) in [5.41, 5.74) is 1.82. The summed E-state index contributed by atoms with van der Waals surface area (Å²) in [5, 5.41) is 3.60. The molecule has 1 aliphatic rings. The van der Waals surface area contributed by atoms with Gasteiger partial charge in [-0.25, -0.2) is 0 Å². The molecule has 0 amide bonds. The zero-order valence-corrected chi connectivity index (χ0v) is 14.9. The topological polar surface area (TPSA) is 21.3 Å². The van der Waals surface area contributed by atoms with Crippen molar-refractivity contribution in [2.24, 2.45) is 11.3 Å². The van der Waals surface area contributed by atoms with Crippen molar-refractivity contribution in [2.45, 2.75) is 33.2 Å². The molecule has 0 heterocycles. The average molecular weight is 391 g/mol. The quantitative estimate of drug-likeness (QED) is 0.756. The van der Waals surface area contributed by atoms with E-state index in [1.807, 2.05) is 0 Å². The Balaban J connectivity index is 1.94. The van der Waals surface area contributed by atoms with Gasteiger partial charge in [0, 0.05) is 13.1 Å². The van der Waals surface area contributed by atoms with Gasteiger partial charge in [-0.1, -0.05) is 13.8 Å². The maximum Gasteiger partial charge on any atom is 0.147 e. The van der Waals surface area contributed by atoms with Crippen molar-refractivity contribution in [3.63, 3.8) is 0 Å². The Labute approximate surface area is 132 Å². The molecule has 0 spiro atoms. The first kappa shape index (κ1) is 15.3. The van der Waals surface area contributed by atoms with E-state index in [4.69, 9.17) is 4.74 Å². The van der Waals surface area contributed by atoms with E-state index in [2.05, 4.69) is 63.2 Å². The highest BCUT2D eigenvalue weighted by atomic mass is 79.9. The van der Waals surface area contributed by atoms with Crippen LogP contribution in [0, 0.1) is 11.3 Å². The molecule has 0 bridgehead atoms. The van der Waals surface area contributed by atoms with Crippen LogP contribution in [0.15, 0.2) is 21.1 Å². The number of hydrogen-bond acceptors (Lipinski definition) is 2. The van der Waals surface area contributed by atoms with Gasteiger partial charge in [-0.05, 0) is 73.7 Å². The molecule has 2 nitrogen and oxygen atoms in total. The summed E-state index contributed by atoms with van der Waals surface area (Å²) in [6.45, 7) is 6.67. The van der Waals surface area contributed by atoms with Crippen molar-refractivity contribution < 1.29 is 4.74 Å². The maximum absolute atomic E-state index is 5.32. The van der Waals surface area contributed by atoms with Gasteiger partial charge in [-0.3, -0.25) is 0 Å². The molecule has 1 saturated carbocycles. The Hall–Kier alpha value is -0.0600. The maximum atomic E-state index is 5.32. The second-order valence-electron chi connectivity index (χ2n) is 5.71. The van der Waals surface area contributed by atoms with E-state index in [1.54, 1.807) is 7.11 Å². The van der Waals surface area contributed by atoms with Gasteiger partial charge in [0.15, 0.2) is 0 Å². The number of benzene rings is 1. The van der Waals surface area contributed by atoms with Crippen molar-refractivity contribution in [1.29, 1.82) is 0 Å². The standard InChI is InChI=1S/C15H21Br2NO/c1-10(2)15(4-5-15)9-18-8-11-6-12(16)14(19-3)13(17)7-11/h6-7,10,18H,4-5,8-9H2,1-3H3. The first-order chi connectivity index (χ1) is 8.98. The lowest BCUT2D eigenvalue weighted by atomic mass is 9.92. The highest BCUT2D eigenvalue weighted by Gasteiger charge is 2.44. The summed E-state index contributed by atoms with van der Waals surface area (Å²) in [4.78, 5) is 0. The number of rotatable bonds is 6. The van der Waals surface area contributed by atoms with E-state index >= 15 is 0 Å². The van der Waals surface area contributed by atoms with Gasteiger partial charge >= 0.3 is 0 Å². The van der Waals surface area contributed by atoms with Gasteiger partial charge < -0.3 is 10.1 Å². The van der Waals surface area contributed by atoms with Crippen LogP contribution in [0.2, 0.25) is 0 Å². The minimum atomic E-state index is 0.556. The molecular weight excluding hydrogens is 370 g/mol. The fourth-order valence-electron chi connectivity index (χ4n) is 2.48. The summed E-state index contributed by atoms with van der Waals surface area (Å²) in [7, 11) is 1.68. The van der Waals surface area contributed by atoms with Crippen LogP contribution in [0.25, 0.3) is 0 Å². The Bertz CT molecular complexity index is 432. The summed E-state index contributed by atoms with van der Waals surface area (Å²) >= 11 is 7.08. The first-order valence-electron chi connectivity index (χ1n) is 6.71. The molecule has 1 aromatic rings. The summed E-state index contributed by atoms with van der Waals surface area (Å²) in [6.07, 6.45) is 2.74. The third kappa shape index (κ3) is 3.53. The molecule has 1 aromatic carbocycles. The van der Waals surface area contributed by atoms with Gasteiger partial charge in [0.1, 0.15) is 5.75 Å². The Morgan fingerprint density at radius 1 is 1.26 bits per heavy atom. The molecular formula is C15H21Br2NO. The molecule has 2 rings (SSSR count). The number of halogens is 2. The largest absolute Gasteiger partial charge is 0.494 e. The third-order valence-electron chi connectivity index (χ3n) is 4.19. The normalized spacial score (nSPS) is 16.7. The molecule has 4 heteroatoms. The van der Waals surface area contributed by atoms with Crippen LogP contribution < -0.4 is 10.1 Å². The fourth-order valence-corrected chi connectivity index (χ4v) is 4.09. The van der Waals surface area contributed by atoms with Crippen LogP contribution in [-0.2, 0) is 6.54 Å². The van der Waals surface area contributed by atoms with Gasteiger partial charge in [0.05, 0.1) is 16.1 Å². The minimum absolute atomic E-state index is 0.556. The van der Waals surface area contributed by atoms with E-state index in [0.717, 1.165) is 33.7 Å². The predicted octanol–water partition coefficient (Wildman–Crippen LogP) is 4.75. The second-order valence-corrected chi connectivity index (χ2v) is 7.42. The zero-order valence-electron chi connectivity index (χ0n) is 11.7. The zero-order chi connectivity index (χ0) is 14.0. The molecule has 1 aliphatic carbocycles. The van der Waals surface area contributed by atoms with Crippen LogP contribution in [-0.4, -0.2) is 13.7 Å². The molecule has 0 aromatic heterocycles. The van der Waals surface area contributed by atoms with Crippen LogP contribution >= 0.6 is 31.9 Å². The van der Waals surface area contributed by atoms with Gasteiger partial charge in [-0.15, -0.1) is 0 Å². The number of hydrogen-bond donors (Lipinski definition) is 1. The molecule has 106 valence electrons. The monoisotopic (exact) mass is 389 g/mol. The van der Waals surface area contributed by atoms with E-state index in [-0.39, 0.29) is 0 Å². The van der Waals surface area contributed by atoms with E-state index in [9.17, 15) is 0 Å². The van der Waals surface area contributed by atoms with Crippen molar-refractivity contribution in [3.8, 4) is 5.75 Å².